The molecular formula is C20H24N2O6. The van der Waals surface area contributed by atoms with Crippen molar-refractivity contribution in [2.75, 3.05) is 27.4 Å². The number of rotatable bonds is 9. The van der Waals surface area contributed by atoms with Gasteiger partial charge in [0.1, 0.15) is 5.75 Å². The Balaban J connectivity index is 1.94. The van der Waals surface area contributed by atoms with E-state index in [0.29, 0.717) is 17.1 Å². The Morgan fingerprint density at radius 1 is 1.04 bits per heavy atom. The summed E-state index contributed by atoms with van der Waals surface area (Å²) in [5, 5.41) is 14.0. The van der Waals surface area contributed by atoms with Crippen LogP contribution in [-0.2, 0) is 11.2 Å². The first-order valence-electron chi connectivity index (χ1n) is 8.71. The third-order valence-electron chi connectivity index (χ3n) is 4.06. The molecule has 0 aliphatic heterocycles. The minimum Gasteiger partial charge on any atom is -0.493 e. The van der Waals surface area contributed by atoms with Crippen LogP contribution in [0.4, 0.5) is 5.69 Å². The molecule has 28 heavy (non-hydrogen) atoms. The number of aryl methyl sites for hydroxylation is 2. The number of hydrogen-bond acceptors (Lipinski definition) is 6. The number of methoxy groups -OCH3 is 2. The number of carbonyl (C=O) groups is 1. The topological polar surface area (TPSA) is 99.9 Å². The summed E-state index contributed by atoms with van der Waals surface area (Å²) in [6, 6.07) is 8.60. The van der Waals surface area contributed by atoms with Crippen molar-refractivity contribution < 1.29 is 23.9 Å². The number of hydrogen-bond donors (Lipinski definition) is 1. The molecule has 1 N–H and O–H groups in total. The Hall–Kier alpha value is -3.29. The maximum Gasteiger partial charge on any atom is 0.276 e. The minimum atomic E-state index is -0.484. The van der Waals surface area contributed by atoms with E-state index in [4.69, 9.17) is 14.2 Å². The summed E-state index contributed by atoms with van der Waals surface area (Å²) in [5.74, 6) is 1.00. The molecule has 0 aliphatic rings. The van der Waals surface area contributed by atoms with Gasteiger partial charge in [0.15, 0.2) is 18.1 Å². The molecule has 8 heteroatoms. The SMILES string of the molecule is COc1cc(CCNC(=O)COc2cc(C)cc(C)c2)c([N+](=O)[O-])cc1OC. The predicted octanol–water partition coefficient (Wildman–Crippen LogP) is 2.97. The van der Waals surface area contributed by atoms with Gasteiger partial charge in [0.25, 0.3) is 11.6 Å². The van der Waals surface area contributed by atoms with Crippen LogP contribution in [0.1, 0.15) is 16.7 Å². The van der Waals surface area contributed by atoms with Crippen LogP contribution < -0.4 is 19.5 Å². The van der Waals surface area contributed by atoms with Gasteiger partial charge in [-0.1, -0.05) is 6.07 Å². The number of nitrogens with zero attached hydrogens (tertiary/aromatic N) is 1. The molecule has 0 spiro atoms. The van der Waals surface area contributed by atoms with Gasteiger partial charge >= 0.3 is 0 Å². The number of amides is 1. The summed E-state index contributed by atoms with van der Waals surface area (Å²) in [6.45, 7) is 4.01. The van der Waals surface area contributed by atoms with Crippen LogP contribution in [0, 0.1) is 24.0 Å². The fourth-order valence-electron chi connectivity index (χ4n) is 2.83. The van der Waals surface area contributed by atoms with E-state index < -0.39 is 4.92 Å². The number of ether oxygens (including phenoxy) is 3. The summed E-state index contributed by atoms with van der Waals surface area (Å²) in [6.07, 6.45) is 0.270. The van der Waals surface area contributed by atoms with Gasteiger partial charge in [-0.05, 0) is 49.6 Å². The maximum atomic E-state index is 12.0. The molecule has 2 aromatic rings. The Morgan fingerprint density at radius 3 is 2.21 bits per heavy atom. The molecule has 0 saturated carbocycles. The van der Waals surface area contributed by atoms with Crippen molar-refractivity contribution in [2.24, 2.45) is 0 Å². The molecule has 1 amide bonds. The molecule has 0 atom stereocenters. The lowest BCUT2D eigenvalue weighted by Crippen LogP contribution is -2.30. The Kier molecular flexibility index (Phi) is 7.20. The van der Waals surface area contributed by atoms with E-state index in [1.807, 2.05) is 32.0 Å². The highest BCUT2D eigenvalue weighted by atomic mass is 16.6. The zero-order chi connectivity index (χ0) is 20.7. The standard InChI is InChI=1S/C20H24N2O6/c1-13-7-14(2)9-16(8-13)28-12-20(23)21-6-5-15-10-18(26-3)19(27-4)11-17(15)22(24)25/h7-11H,5-6,12H2,1-4H3,(H,21,23). The Labute approximate surface area is 163 Å². The highest BCUT2D eigenvalue weighted by Crippen LogP contribution is 2.34. The molecule has 0 fully saturated rings. The molecule has 0 radical (unpaired) electrons. The van der Waals surface area contributed by atoms with Gasteiger partial charge in [-0.15, -0.1) is 0 Å². The molecule has 0 heterocycles. The molecule has 0 unspecified atom stereocenters. The average molecular weight is 388 g/mol. The summed E-state index contributed by atoms with van der Waals surface area (Å²) < 4.78 is 15.8. The second-order valence-corrected chi connectivity index (χ2v) is 6.31. The summed E-state index contributed by atoms with van der Waals surface area (Å²) in [4.78, 5) is 22.8. The van der Waals surface area contributed by atoms with Crippen LogP contribution in [0.2, 0.25) is 0 Å². The molecule has 0 aromatic heterocycles. The number of nitrogens with one attached hydrogen (secondary N) is 1. The first-order valence-corrected chi connectivity index (χ1v) is 8.71. The Morgan fingerprint density at radius 2 is 1.64 bits per heavy atom. The van der Waals surface area contributed by atoms with Gasteiger partial charge in [-0.25, -0.2) is 0 Å². The number of nitro groups is 1. The van der Waals surface area contributed by atoms with Crippen molar-refractivity contribution in [1.29, 1.82) is 0 Å². The lowest BCUT2D eigenvalue weighted by atomic mass is 10.1. The molecular weight excluding hydrogens is 364 g/mol. The van der Waals surface area contributed by atoms with Crippen molar-refractivity contribution in [3.63, 3.8) is 0 Å². The average Bonchev–Trinajstić information content (AvgIpc) is 2.65. The summed E-state index contributed by atoms with van der Waals surface area (Å²) >= 11 is 0. The number of benzene rings is 2. The zero-order valence-corrected chi connectivity index (χ0v) is 16.4. The maximum absolute atomic E-state index is 12.0. The molecule has 150 valence electrons. The fraction of sp³-hybridized carbons (Fsp3) is 0.350. The van der Waals surface area contributed by atoms with Crippen molar-refractivity contribution in [1.82, 2.24) is 5.32 Å². The predicted molar refractivity (Wildman–Crippen MR) is 104 cm³/mol. The van der Waals surface area contributed by atoms with Gasteiger partial charge in [0.2, 0.25) is 0 Å². The normalized spacial score (nSPS) is 10.3. The van der Waals surface area contributed by atoms with Gasteiger partial charge in [0, 0.05) is 12.1 Å². The van der Waals surface area contributed by atoms with E-state index in [2.05, 4.69) is 5.32 Å². The largest absolute Gasteiger partial charge is 0.493 e. The zero-order valence-electron chi connectivity index (χ0n) is 16.4. The van der Waals surface area contributed by atoms with Crippen molar-refractivity contribution >= 4 is 11.6 Å². The van der Waals surface area contributed by atoms with E-state index in [1.165, 1.54) is 20.3 Å². The lowest BCUT2D eigenvalue weighted by Gasteiger charge is -2.11. The number of nitro benzene ring substituents is 1. The quantitative estimate of drug-likeness (QED) is 0.524. The fourth-order valence-corrected chi connectivity index (χ4v) is 2.83. The van der Waals surface area contributed by atoms with Crippen molar-refractivity contribution in [3.8, 4) is 17.2 Å². The van der Waals surface area contributed by atoms with Crippen LogP contribution >= 0.6 is 0 Å². The molecule has 8 nitrogen and oxygen atoms in total. The molecule has 2 rings (SSSR count). The van der Waals surface area contributed by atoms with E-state index in [0.717, 1.165) is 11.1 Å². The lowest BCUT2D eigenvalue weighted by molar-refractivity contribution is -0.385. The molecule has 0 saturated heterocycles. The smallest absolute Gasteiger partial charge is 0.276 e. The highest BCUT2D eigenvalue weighted by Gasteiger charge is 2.19. The molecule has 2 aromatic carbocycles. The minimum absolute atomic E-state index is 0.0848. The van der Waals surface area contributed by atoms with Crippen LogP contribution in [0.15, 0.2) is 30.3 Å². The Bertz CT molecular complexity index is 846. The second kappa shape index (κ2) is 9.59. The van der Waals surface area contributed by atoms with Crippen molar-refractivity contribution in [2.45, 2.75) is 20.3 Å². The van der Waals surface area contributed by atoms with Crippen LogP contribution in [0.5, 0.6) is 17.2 Å². The first kappa shape index (κ1) is 21.0. The summed E-state index contributed by atoms with van der Waals surface area (Å²) in [7, 11) is 2.87. The summed E-state index contributed by atoms with van der Waals surface area (Å²) in [5.41, 5.74) is 2.46. The molecule has 0 aliphatic carbocycles. The van der Waals surface area contributed by atoms with Gasteiger partial charge in [-0.3, -0.25) is 14.9 Å². The van der Waals surface area contributed by atoms with Gasteiger partial charge in [0.05, 0.1) is 25.2 Å². The monoisotopic (exact) mass is 388 g/mol. The first-order chi connectivity index (χ1) is 13.3. The second-order valence-electron chi connectivity index (χ2n) is 6.31. The highest BCUT2D eigenvalue weighted by molar-refractivity contribution is 5.77. The van der Waals surface area contributed by atoms with Crippen molar-refractivity contribution in [3.05, 3.63) is 57.1 Å². The van der Waals surface area contributed by atoms with E-state index >= 15 is 0 Å². The third kappa shape index (κ3) is 5.60. The van der Waals surface area contributed by atoms with Gasteiger partial charge < -0.3 is 19.5 Å². The van der Waals surface area contributed by atoms with Gasteiger partial charge in [-0.2, -0.15) is 0 Å². The van der Waals surface area contributed by atoms with Crippen LogP contribution in [-0.4, -0.2) is 38.2 Å². The molecule has 0 bridgehead atoms. The van der Waals surface area contributed by atoms with E-state index in [9.17, 15) is 14.9 Å². The van der Waals surface area contributed by atoms with Crippen LogP contribution in [0.25, 0.3) is 0 Å². The third-order valence-corrected chi connectivity index (χ3v) is 4.06. The number of carbonyl (C=O) groups excluding carboxylic acids is 1. The van der Waals surface area contributed by atoms with E-state index in [-0.39, 0.29) is 36.9 Å². The van der Waals surface area contributed by atoms with Crippen LogP contribution in [0.3, 0.4) is 0 Å². The van der Waals surface area contributed by atoms with E-state index in [1.54, 1.807) is 6.07 Å².